The molecule has 0 saturated heterocycles. The molecule has 0 radical (unpaired) electrons. The number of sulfonamides is 1. The van der Waals surface area contributed by atoms with Crippen molar-refractivity contribution in [2.75, 3.05) is 16.2 Å². The number of hydrogen-bond donors (Lipinski definition) is 1. The summed E-state index contributed by atoms with van der Waals surface area (Å²) in [6.07, 6.45) is 2.54. The van der Waals surface area contributed by atoms with Gasteiger partial charge in [-0.05, 0) is 72.9 Å². The normalized spacial score (nSPS) is 13.3. The molecule has 2 aromatic carbocycles. The van der Waals surface area contributed by atoms with Gasteiger partial charge in [0.25, 0.3) is 10.0 Å². The van der Waals surface area contributed by atoms with Gasteiger partial charge in [-0.15, -0.1) is 11.3 Å². The van der Waals surface area contributed by atoms with Crippen LogP contribution in [0.4, 0.5) is 11.4 Å². The lowest BCUT2D eigenvalue weighted by Crippen LogP contribution is -2.35. The molecule has 164 valence electrons. The molecular formula is C23H20ClN3O3S2. The Balaban J connectivity index is 1.46. The van der Waals surface area contributed by atoms with Crippen molar-refractivity contribution in [3.05, 3.63) is 75.6 Å². The number of nitrogens with one attached hydrogen (secondary N) is 1. The third kappa shape index (κ3) is 4.96. The van der Waals surface area contributed by atoms with Crippen LogP contribution in [0, 0.1) is 11.3 Å². The lowest BCUT2D eigenvalue weighted by atomic mass is 10.00. The molecule has 0 spiro atoms. The second-order valence-electron chi connectivity index (χ2n) is 7.47. The highest BCUT2D eigenvalue weighted by Gasteiger charge is 2.24. The minimum Gasteiger partial charge on any atom is -0.312 e. The Morgan fingerprint density at radius 1 is 1.16 bits per heavy atom. The number of thiophene rings is 1. The summed E-state index contributed by atoms with van der Waals surface area (Å²) in [5, 5.41) is 8.90. The number of anilines is 2. The van der Waals surface area contributed by atoms with Gasteiger partial charge in [-0.25, -0.2) is 8.42 Å². The van der Waals surface area contributed by atoms with E-state index in [0.717, 1.165) is 41.0 Å². The van der Waals surface area contributed by atoms with Gasteiger partial charge in [0.1, 0.15) is 4.21 Å². The van der Waals surface area contributed by atoms with Crippen molar-refractivity contribution in [3.8, 4) is 6.07 Å². The number of aryl methyl sites for hydroxylation is 2. The van der Waals surface area contributed by atoms with E-state index in [4.69, 9.17) is 16.9 Å². The molecule has 32 heavy (non-hydrogen) atoms. The average molecular weight is 486 g/mol. The number of rotatable bonds is 6. The minimum absolute atomic E-state index is 0.0249. The lowest BCUT2D eigenvalue weighted by Gasteiger charge is -2.30. The fourth-order valence-corrected chi connectivity index (χ4v) is 6.23. The van der Waals surface area contributed by atoms with Gasteiger partial charge in [-0.1, -0.05) is 23.7 Å². The molecule has 6 nitrogen and oxygen atoms in total. The van der Waals surface area contributed by atoms with Crippen molar-refractivity contribution in [2.24, 2.45) is 0 Å². The molecule has 1 N–H and O–H groups in total. The summed E-state index contributed by atoms with van der Waals surface area (Å²) in [7, 11) is -3.71. The van der Waals surface area contributed by atoms with Gasteiger partial charge in [0.05, 0.1) is 16.0 Å². The Morgan fingerprint density at radius 3 is 2.62 bits per heavy atom. The first-order valence-electron chi connectivity index (χ1n) is 10.1. The van der Waals surface area contributed by atoms with Crippen LogP contribution < -0.4 is 9.62 Å². The molecule has 0 atom stereocenters. The molecule has 9 heteroatoms. The lowest BCUT2D eigenvalue weighted by molar-refractivity contribution is -0.118. The number of halogens is 1. The van der Waals surface area contributed by atoms with Crippen LogP contribution in [0.1, 0.15) is 29.5 Å². The maximum absolute atomic E-state index is 12.9. The number of carbonyl (C=O) groups is 1. The van der Waals surface area contributed by atoms with Gasteiger partial charge in [0.15, 0.2) is 0 Å². The first-order chi connectivity index (χ1) is 15.4. The molecule has 0 unspecified atom stereocenters. The number of nitrogens with zero attached hydrogens (tertiary/aromatic N) is 2. The van der Waals surface area contributed by atoms with Gasteiger partial charge in [0.2, 0.25) is 5.91 Å². The summed E-state index contributed by atoms with van der Waals surface area (Å²) in [5.41, 5.74) is 3.82. The summed E-state index contributed by atoms with van der Waals surface area (Å²) >= 11 is 6.86. The molecule has 1 aliphatic heterocycles. The third-order valence-electron chi connectivity index (χ3n) is 5.28. The summed E-state index contributed by atoms with van der Waals surface area (Å²) in [4.78, 5) is 14.7. The number of nitriles is 1. The molecule has 2 heterocycles. The van der Waals surface area contributed by atoms with Crippen molar-refractivity contribution >= 4 is 50.2 Å². The van der Waals surface area contributed by atoms with E-state index in [2.05, 4.69) is 10.8 Å². The quantitative estimate of drug-likeness (QED) is 0.532. The van der Waals surface area contributed by atoms with Crippen molar-refractivity contribution in [1.29, 1.82) is 5.26 Å². The Kier molecular flexibility index (Phi) is 6.51. The van der Waals surface area contributed by atoms with Crippen LogP contribution in [0.3, 0.4) is 0 Å². The molecule has 0 bridgehead atoms. The van der Waals surface area contributed by atoms with E-state index in [9.17, 15) is 13.2 Å². The highest BCUT2D eigenvalue weighted by molar-refractivity contribution is 7.94. The van der Waals surface area contributed by atoms with Crippen LogP contribution >= 0.6 is 22.9 Å². The van der Waals surface area contributed by atoms with Crippen molar-refractivity contribution in [1.82, 2.24) is 0 Å². The first-order valence-corrected chi connectivity index (χ1v) is 12.7. The van der Waals surface area contributed by atoms with E-state index < -0.39 is 10.0 Å². The molecule has 0 fully saturated rings. The predicted molar refractivity (Wildman–Crippen MR) is 127 cm³/mol. The zero-order valence-electron chi connectivity index (χ0n) is 17.0. The van der Waals surface area contributed by atoms with Crippen LogP contribution in [0.2, 0.25) is 4.34 Å². The van der Waals surface area contributed by atoms with Crippen LogP contribution in [0.25, 0.3) is 0 Å². The van der Waals surface area contributed by atoms with E-state index >= 15 is 0 Å². The third-order valence-corrected chi connectivity index (χ3v) is 8.38. The van der Waals surface area contributed by atoms with Crippen molar-refractivity contribution in [2.45, 2.75) is 29.9 Å². The van der Waals surface area contributed by atoms with E-state index in [1.807, 2.05) is 12.1 Å². The van der Waals surface area contributed by atoms with E-state index in [1.165, 1.54) is 6.07 Å². The van der Waals surface area contributed by atoms with Crippen LogP contribution in [-0.2, 0) is 27.7 Å². The standard InChI is InChI=1S/C23H20ClN3O3S2/c24-21-10-12-23(31-21)32(29,30)26-19-8-9-20-18(14-19)2-1-13-27(20)22(28)11-7-16-3-5-17(15-25)6-4-16/h3-6,8-10,12,14,26H,1-2,7,11,13H2. The molecule has 0 aliphatic carbocycles. The fourth-order valence-electron chi connectivity index (χ4n) is 3.70. The first kappa shape index (κ1) is 22.3. The van der Waals surface area contributed by atoms with E-state index in [-0.39, 0.29) is 10.1 Å². The molecule has 0 saturated carbocycles. The molecular weight excluding hydrogens is 466 g/mol. The van der Waals surface area contributed by atoms with Crippen molar-refractivity contribution in [3.63, 3.8) is 0 Å². The van der Waals surface area contributed by atoms with Crippen LogP contribution in [0.15, 0.2) is 58.8 Å². The predicted octanol–water partition coefficient (Wildman–Crippen LogP) is 4.99. The molecule has 4 rings (SSSR count). The number of carbonyl (C=O) groups excluding carboxylic acids is 1. The van der Waals surface area contributed by atoms with Gasteiger partial charge >= 0.3 is 0 Å². The second kappa shape index (κ2) is 9.33. The fraction of sp³-hybridized carbons (Fsp3) is 0.217. The molecule has 1 aromatic heterocycles. The minimum atomic E-state index is -3.71. The zero-order valence-corrected chi connectivity index (χ0v) is 19.4. The Morgan fingerprint density at radius 2 is 1.94 bits per heavy atom. The van der Waals surface area contributed by atoms with Crippen LogP contribution in [-0.4, -0.2) is 20.9 Å². The molecule has 1 amide bonds. The topological polar surface area (TPSA) is 90.3 Å². The van der Waals surface area contributed by atoms with Gasteiger partial charge in [-0.2, -0.15) is 5.26 Å². The summed E-state index contributed by atoms with van der Waals surface area (Å²) in [5.74, 6) is 0.0249. The highest BCUT2D eigenvalue weighted by atomic mass is 35.5. The molecule has 1 aliphatic rings. The SMILES string of the molecule is N#Cc1ccc(CCC(=O)N2CCCc3cc(NS(=O)(=O)c4ccc(Cl)s4)ccc32)cc1. The zero-order chi connectivity index (χ0) is 22.7. The maximum Gasteiger partial charge on any atom is 0.271 e. The number of hydrogen-bond acceptors (Lipinski definition) is 5. The van der Waals surface area contributed by atoms with E-state index in [0.29, 0.717) is 35.0 Å². The second-order valence-corrected chi connectivity index (χ2v) is 11.1. The van der Waals surface area contributed by atoms with Gasteiger partial charge in [-0.3, -0.25) is 9.52 Å². The smallest absolute Gasteiger partial charge is 0.271 e. The van der Waals surface area contributed by atoms with Crippen molar-refractivity contribution < 1.29 is 13.2 Å². The maximum atomic E-state index is 12.9. The number of fused-ring (bicyclic) bond motifs is 1. The highest BCUT2D eigenvalue weighted by Crippen LogP contribution is 2.32. The number of benzene rings is 2. The molecule has 3 aromatic rings. The van der Waals surface area contributed by atoms with Gasteiger partial charge in [0, 0.05) is 24.3 Å². The summed E-state index contributed by atoms with van der Waals surface area (Å²) < 4.78 is 28.3. The summed E-state index contributed by atoms with van der Waals surface area (Å²) in [6.45, 7) is 0.637. The number of amides is 1. The Labute approximate surface area is 196 Å². The summed E-state index contributed by atoms with van der Waals surface area (Å²) in [6, 6.07) is 17.6. The Bertz CT molecular complexity index is 1290. The monoisotopic (exact) mass is 485 g/mol. The Hall–Kier alpha value is -2.86. The largest absolute Gasteiger partial charge is 0.312 e. The van der Waals surface area contributed by atoms with Gasteiger partial charge < -0.3 is 4.90 Å². The van der Waals surface area contributed by atoms with Crippen LogP contribution in [0.5, 0.6) is 0 Å². The average Bonchev–Trinajstić information content (AvgIpc) is 3.24. The van der Waals surface area contributed by atoms with E-state index in [1.54, 1.807) is 41.3 Å².